The summed E-state index contributed by atoms with van der Waals surface area (Å²) in [5.41, 5.74) is 3.08. The van der Waals surface area contributed by atoms with E-state index in [1.54, 1.807) is 0 Å². The van der Waals surface area contributed by atoms with Gasteiger partial charge in [0.05, 0.1) is 17.5 Å². The Morgan fingerprint density at radius 3 is 2.83 bits per heavy atom. The average Bonchev–Trinajstić information content (AvgIpc) is 2.93. The highest BCUT2D eigenvalue weighted by Gasteiger charge is 2.49. The van der Waals surface area contributed by atoms with E-state index in [1.165, 1.54) is 11.8 Å². The first-order valence-electron chi connectivity index (χ1n) is 7.22. The zero-order chi connectivity index (χ0) is 16.8. The maximum atomic E-state index is 12.0. The molecule has 2 atom stereocenters. The van der Waals surface area contributed by atoms with E-state index < -0.39 is 15.7 Å². The van der Waals surface area contributed by atoms with Gasteiger partial charge in [0.2, 0.25) is 0 Å². The molecule has 1 amide bonds. The first-order valence-corrected chi connectivity index (χ1v) is 10.5. The fraction of sp³-hybridized carbons (Fsp3) is 0.467. The van der Waals surface area contributed by atoms with Crippen molar-refractivity contribution in [2.45, 2.75) is 25.1 Å². The Bertz CT molecular complexity index is 792. The van der Waals surface area contributed by atoms with Gasteiger partial charge in [0.1, 0.15) is 5.88 Å². The summed E-state index contributed by atoms with van der Waals surface area (Å²) in [7, 11) is -3.06. The quantitative estimate of drug-likeness (QED) is 0.744. The monoisotopic (exact) mass is 372 g/mol. The zero-order valence-corrected chi connectivity index (χ0v) is 15.2. The predicted octanol–water partition coefficient (Wildman–Crippen LogP) is 2.14. The molecule has 1 aromatic rings. The molecular weight excluding hydrogens is 356 g/mol. The van der Waals surface area contributed by atoms with Crippen LogP contribution in [-0.4, -0.2) is 48.2 Å². The Morgan fingerprint density at radius 2 is 2.13 bits per heavy atom. The number of nitrogens with zero attached hydrogens (tertiary/aromatic N) is 2. The molecule has 1 aromatic carbocycles. The van der Waals surface area contributed by atoms with E-state index in [1.807, 2.05) is 36.9 Å². The molecule has 0 bridgehead atoms. The van der Waals surface area contributed by atoms with Crippen molar-refractivity contribution in [3.05, 3.63) is 29.3 Å². The molecule has 5 nitrogen and oxygen atoms in total. The van der Waals surface area contributed by atoms with E-state index >= 15 is 0 Å². The number of sulfone groups is 1. The Kier molecular flexibility index (Phi) is 4.46. The van der Waals surface area contributed by atoms with Crippen LogP contribution in [0.1, 0.15) is 11.1 Å². The van der Waals surface area contributed by atoms with E-state index in [0.717, 1.165) is 16.8 Å². The highest BCUT2D eigenvalue weighted by atomic mass is 35.5. The topological polar surface area (TPSA) is 66.8 Å². The lowest BCUT2D eigenvalue weighted by atomic mass is 10.1. The molecule has 0 unspecified atom stereocenters. The smallest absolute Gasteiger partial charge is 0.262 e. The Balaban J connectivity index is 2.09. The van der Waals surface area contributed by atoms with Gasteiger partial charge >= 0.3 is 0 Å². The first kappa shape index (κ1) is 16.8. The van der Waals surface area contributed by atoms with Crippen LogP contribution in [0.25, 0.3) is 0 Å². The number of hydrogen-bond acceptors (Lipinski definition) is 4. The number of fused-ring (bicyclic) bond motifs is 1. The zero-order valence-electron chi connectivity index (χ0n) is 12.8. The minimum absolute atomic E-state index is 0.0894. The summed E-state index contributed by atoms with van der Waals surface area (Å²) < 4.78 is 24.0. The molecule has 8 heteroatoms. The molecule has 0 aromatic heterocycles. The van der Waals surface area contributed by atoms with Gasteiger partial charge in [-0.2, -0.15) is 4.99 Å². The summed E-state index contributed by atoms with van der Waals surface area (Å²) in [6, 6.07) is 5.69. The fourth-order valence-electron chi connectivity index (χ4n) is 2.98. The van der Waals surface area contributed by atoms with Crippen molar-refractivity contribution in [3.63, 3.8) is 0 Å². The Hall–Kier alpha value is -1.05. The molecule has 0 aliphatic carbocycles. The van der Waals surface area contributed by atoms with Crippen molar-refractivity contribution in [3.8, 4) is 0 Å². The van der Waals surface area contributed by atoms with Crippen molar-refractivity contribution in [2.75, 3.05) is 22.3 Å². The number of carbonyl (C=O) groups is 1. The summed E-state index contributed by atoms with van der Waals surface area (Å²) in [6.07, 6.45) is 0. The molecule has 0 spiro atoms. The van der Waals surface area contributed by atoms with Gasteiger partial charge in [-0.3, -0.25) is 4.79 Å². The maximum absolute atomic E-state index is 12.0. The number of halogens is 1. The summed E-state index contributed by atoms with van der Waals surface area (Å²) in [6.45, 7) is 4.00. The third-order valence-corrected chi connectivity index (χ3v) is 7.68. The summed E-state index contributed by atoms with van der Waals surface area (Å²) in [4.78, 5) is 17.7. The van der Waals surface area contributed by atoms with Crippen molar-refractivity contribution < 1.29 is 13.2 Å². The van der Waals surface area contributed by atoms with Crippen molar-refractivity contribution in [1.29, 1.82) is 0 Å². The third-order valence-electron chi connectivity index (χ3n) is 4.24. The third kappa shape index (κ3) is 3.14. The molecule has 2 aliphatic heterocycles. The second kappa shape index (κ2) is 6.11. The number of aryl methyl sites for hydroxylation is 1. The van der Waals surface area contributed by atoms with Gasteiger partial charge in [-0.15, -0.1) is 11.6 Å². The Labute approximate surface area is 145 Å². The van der Waals surface area contributed by atoms with Gasteiger partial charge in [-0.05, 0) is 31.0 Å². The van der Waals surface area contributed by atoms with Crippen LogP contribution < -0.4 is 4.90 Å². The van der Waals surface area contributed by atoms with Crippen LogP contribution in [0.2, 0.25) is 0 Å². The minimum Gasteiger partial charge on any atom is -0.315 e. The van der Waals surface area contributed by atoms with Gasteiger partial charge in [-0.25, -0.2) is 8.42 Å². The van der Waals surface area contributed by atoms with Gasteiger partial charge in [0.15, 0.2) is 15.0 Å². The minimum atomic E-state index is -3.06. The lowest BCUT2D eigenvalue weighted by Crippen LogP contribution is -2.38. The van der Waals surface area contributed by atoms with Crippen LogP contribution in [-0.2, 0) is 14.6 Å². The number of carbonyl (C=O) groups excluding carboxylic acids is 1. The van der Waals surface area contributed by atoms with Crippen LogP contribution in [0, 0.1) is 13.8 Å². The van der Waals surface area contributed by atoms with Crippen molar-refractivity contribution >= 4 is 50.0 Å². The largest absolute Gasteiger partial charge is 0.315 e. The number of benzene rings is 1. The van der Waals surface area contributed by atoms with Gasteiger partial charge < -0.3 is 4.90 Å². The normalized spacial score (nSPS) is 27.4. The lowest BCUT2D eigenvalue weighted by molar-refractivity contribution is -0.115. The number of hydrogen-bond donors (Lipinski definition) is 0. The number of alkyl halides is 1. The van der Waals surface area contributed by atoms with Crippen LogP contribution >= 0.6 is 23.4 Å². The lowest BCUT2D eigenvalue weighted by Gasteiger charge is -2.26. The maximum Gasteiger partial charge on any atom is 0.262 e. The number of rotatable bonds is 2. The van der Waals surface area contributed by atoms with Crippen LogP contribution in [0.5, 0.6) is 0 Å². The average molecular weight is 373 g/mol. The highest BCUT2D eigenvalue weighted by Crippen LogP contribution is 2.42. The van der Waals surface area contributed by atoms with Crippen LogP contribution in [0.3, 0.4) is 0 Å². The molecule has 2 heterocycles. The summed E-state index contributed by atoms with van der Waals surface area (Å²) >= 11 is 6.93. The summed E-state index contributed by atoms with van der Waals surface area (Å²) in [5.74, 6) is -0.380. The standard InChI is InChI=1S/C15H17ClN2O3S2/c1-9-4-3-5-11(10(9)2)18-12-7-23(20,21)8-13(12)22-15(18)17-14(19)6-16/h3-5,12-13H,6-8H2,1-2H3/t12-,13+/m1/s1. The second-order valence-electron chi connectivity index (χ2n) is 5.81. The Morgan fingerprint density at radius 1 is 1.39 bits per heavy atom. The van der Waals surface area contributed by atoms with Gasteiger partial charge in [0.25, 0.3) is 5.91 Å². The van der Waals surface area contributed by atoms with E-state index in [9.17, 15) is 13.2 Å². The van der Waals surface area contributed by atoms with Crippen molar-refractivity contribution in [1.82, 2.24) is 0 Å². The molecule has 2 fully saturated rings. The first-order chi connectivity index (χ1) is 10.8. The molecular formula is C15H17ClN2O3S2. The summed E-state index contributed by atoms with van der Waals surface area (Å²) in [5, 5.41) is 0.455. The number of anilines is 1. The molecule has 3 rings (SSSR count). The number of amides is 1. The molecule has 124 valence electrons. The van der Waals surface area contributed by atoms with E-state index in [-0.39, 0.29) is 28.7 Å². The SMILES string of the molecule is Cc1cccc(N2C(=NC(=O)CCl)S[C@H]3CS(=O)(=O)C[C@H]32)c1C. The molecule has 0 N–H and O–H groups in total. The van der Waals surface area contributed by atoms with Crippen molar-refractivity contribution in [2.24, 2.45) is 4.99 Å². The fourth-order valence-corrected chi connectivity index (χ4v) is 6.96. The van der Waals surface area contributed by atoms with E-state index in [2.05, 4.69) is 4.99 Å². The predicted molar refractivity (Wildman–Crippen MR) is 95.4 cm³/mol. The molecule has 0 saturated carbocycles. The van der Waals surface area contributed by atoms with Crippen LogP contribution in [0.4, 0.5) is 5.69 Å². The number of amidine groups is 1. The number of thioether (sulfide) groups is 1. The molecule has 2 aliphatic rings. The highest BCUT2D eigenvalue weighted by molar-refractivity contribution is 8.16. The van der Waals surface area contributed by atoms with E-state index in [0.29, 0.717) is 5.17 Å². The number of aliphatic imine (C=N–C) groups is 1. The van der Waals surface area contributed by atoms with Gasteiger partial charge in [-0.1, -0.05) is 23.9 Å². The molecule has 2 saturated heterocycles. The van der Waals surface area contributed by atoms with E-state index in [4.69, 9.17) is 11.6 Å². The molecule has 23 heavy (non-hydrogen) atoms. The van der Waals surface area contributed by atoms with Gasteiger partial charge in [0, 0.05) is 10.9 Å². The second-order valence-corrected chi connectivity index (χ2v) is 9.44. The molecule has 0 radical (unpaired) electrons. The van der Waals surface area contributed by atoms with Crippen LogP contribution in [0.15, 0.2) is 23.2 Å².